The van der Waals surface area contributed by atoms with Crippen LogP contribution >= 0.6 is 0 Å². The molecule has 162 valence electrons. The van der Waals surface area contributed by atoms with Crippen LogP contribution < -0.4 is 5.32 Å². The first kappa shape index (κ1) is 21.3. The fourth-order valence-corrected chi connectivity index (χ4v) is 4.16. The van der Waals surface area contributed by atoms with E-state index in [0.29, 0.717) is 6.42 Å². The predicted octanol–water partition coefficient (Wildman–Crippen LogP) is 5.47. The number of likely N-dealkylation sites (tertiary alicyclic amines) is 1. The molecule has 2 aromatic heterocycles. The summed E-state index contributed by atoms with van der Waals surface area (Å²) in [7, 11) is 1.87. The number of anilines is 1. The van der Waals surface area contributed by atoms with Gasteiger partial charge in [0.1, 0.15) is 5.82 Å². The van der Waals surface area contributed by atoms with Crippen molar-refractivity contribution in [2.24, 2.45) is 0 Å². The summed E-state index contributed by atoms with van der Waals surface area (Å²) < 4.78 is 38.4. The summed E-state index contributed by atoms with van der Waals surface area (Å²) >= 11 is 0. The minimum absolute atomic E-state index is 0.220. The standard InChI is InChI=1S/C24H25F3N4/c1-28-23-18(5-3-13-29-23)16-31-14-4-8-22(31)21-7-2-6-20(30-21)15-17-9-11-19(12-10-17)24(25,26)27/h2-3,5-7,9-13,22H,4,8,14-16H2,1H3,(H,28,29)/t22-/m1/s1. The summed E-state index contributed by atoms with van der Waals surface area (Å²) in [5, 5.41) is 3.15. The second-order valence-electron chi connectivity index (χ2n) is 7.81. The lowest BCUT2D eigenvalue weighted by Gasteiger charge is -2.25. The molecule has 0 spiro atoms. The van der Waals surface area contributed by atoms with Gasteiger partial charge in [-0.15, -0.1) is 0 Å². The zero-order valence-electron chi connectivity index (χ0n) is 17.4. The van der Waals surface area contributed by atoms with Gasteiger partial charge in [-0.05, 0) is 55.3 Å². The maximum atomic E-state index is 12.8. The van der Waals surface area contributed by atoms with E-state index in [1.165, 1.54) is 12.1 Å². The molecule has 1 aromatic carbocycles. The molecular weight excluding hydrogens is 401 g/mol. The Hall–Kier alpha value is -2.93. The summed E-state index contributed by atoms with van der Waals surface area (Å²) in [4.78, 5) is 11.7. The average Bonchev–Trinajstić information content (AvgIpc) is 3.22. The lowest BCUT2D eigenvalue weighted by atomic mass is 10.0. The summed E-state index contributed by atoms with van der Waals surface area (Å²) in [5.41, 5.74) is 3.21. The fraction of sp³-hybridized carbons (Fsp3) is 0.333. The monoisotopic (exact) mass is 426 g/mol. The molecule has 0 unspecified atom stereocenters. The molecule has 4 rings (SSSR count). The van der Waals surface area contributed by atoms with Crippen LogP contribution in [0.1, 0.15) is 47.0 Å². The van der Waals surface area contributed by atoms with E-state index in [-0.39, 0.29) is 6.04 Å². The molecule has 0 radical (unpaired) electrons. The van der Waals surface area contributed by atoms with Gasteiger partial charge in [0.2, 0.25) is 0 Å². The normalized spacial score (nSPS) is 17.1. The van der Waals surface area contributed by atoms with E-state index in [4.69, 9.17) is 4.98 Å². The van der Waals surface area contributed by atoms with Gasteiger partial charge in [0.25, 0.3) is 0 Å². The topological polar surface area (TPSA) is 41.1 Å². The molecule has 0 bridgehead atoms. The fourth-order valence-electron chi connectivity index (χ4n) is 4.16. The molecule has 3 aromatic rings. The maximum absolute atomic E-state index is 12.8. The Labute approximate surface area is 180 Å². The number of benzene rings is 1. The molecule has 1 atom stereocenters. The van der Waals surface area contributed by atoms with Gasteiger partial charge >= 0.3 is 6.18 Å². The van der Waals surface area contributed by atoms with Crippen molar-refractivity contribution in [3.05, 3.63) is 88.9 Å². The molecule has 3 heterocycles. The van der Waals surface area contributed by atoms with Crippen LogP contribution in [0.25, 0.3) is 0 Å². The quantitative estimate of drug-likeness (QED) is 0.568. The minimum Gasteiger partial charge on any atom is -0.373 e. The highest BCUT2D eigenvalue weighted by Crippen LogP contribution is 2.33. The number of hydrogen-bond acceptors (Lipinski definition) is 4. The summed E-state index contributed by atoms with van der Waals surface area (Å²) in [6, 6.07) is 15.5. The van der Waals surface area contributed by atoms with Crippen molar-refractivity contribution in [2.45, 2.75) is 38.0 Å². The van der Waals surface area contributed by atoms with E-state index in [2.05, 4.69) is 21.3 Å². The largest absolute Gasteiger partial charge is 0.416 e. The minimum atomic E-state index is -4.32. The van der Waals surface area contributed by atoms with E-state index in [0.717, 1.165) is 66.4 Å². The molecule has 7 heteroatoms. The summed E-state index contributed by atoms with van der Waals surface area (Å²) in [5.74, 6) is 0.886. The van der Waals surface area contributed by atoms with Crippen LogP contribution in [0.2, 0.25) is 0 Å². The Bertz CT molecular complexity index is 1020. The van der Waals surface area contributed by atoms with Crippen LogP contribution in [-0.2, 0) is 19.1 Å². The van der Waals surface area contributed by atoms with E-state index >= 15 is 0 Å². The molecular formula is C24H25F3N4. The first-order valence-electron chi connectivity index (χ1n) is 10.4. The van der Waals surface area contributed by atoms with Crippen LogP contribution in [0.15, 0.2) is 60.8 Å². The lowest BCUT2D eigenvalue weighted by molar-refractivity contribution is -0.137. The Kier molecular flexibility index (Phi) is 6.23. The van der Waals surface area contributed by atoms with Crippen LogP contribution in [0.4, 0.5) is 19.0 Å². The van der Waals surface area contributed by atoms with Crippen LogP contribution in [0, 0.1) is 0 Å². The van der Waals surface area contributed by atoms with Crippen molar-refractivity contribution in [3.63, 3.8) is 0 Å². The zero-order valence-corrected chi connectivity index (χ0v) is 17.4. The van der Waals surface area contributed by atoms with Crippen LogP contribution in [-0.4, -0.2) is 28.5 Å². The summed E-state index contributed by atoms with van der Waals surface area (Å²) in [6.07, 6.45) is 0.106. The number of alkyl halides is 3. The molecule has 1 saturated heterocycles. The highest BCUT2D eigenvalue weighted by Gasteiger charge is 2.30. The van der Waals surface area contributed by atoms with Crippen molar-refractivity contribution in [3.8, 4) is 0 Å². The van der Waals surface area contributed by atoms with Crippen molar-refractivity contribution in [1.29, 1.82) is 0 Å². The van der Waals surface area contributed by atoms with Crippen LogP contribution in [0.3, 0.4) is 0 Å². The van der Waals surface area contributed by atoms with Crippen molar-refractivity contribution in [1.82, 2.24) is 14.9 Å². The van der Waals surface area contributed by atoms with Gasteiger partial charge in [0.05, 0.1) is 17.3 Å². The smallest absolute Gasteiger partial charge is 0.373 e. The molecule has 0 amide bonds. The van der Waals surface area contributed by atoms with Crippen molar-refractivity contribution < 1.29 is 13.2 Å². The van der Waals surface area contributed by atoms with E-state index in [9.17, 15) is 13.2 Å². The van der Waals surface area contributed by atoms with E-state index in [1.54, 1.807) is 6.20 Å². The van der Waals surface area contributed by atoms with Gasteiger partial charge in [-0.3, -0.25) is 9.88 Å². The third kappa shape index (κ3) is 5.05. The first-order valence-corrected chi connectivity index (χ1v) is 10.4. The summed E-state index contributed by atoms with van der Waals surface area (Å²) in [6.45, 7) is 1.78. The molecule has 0 aliphatic carbocycles. The second kappa shape index (κ2) is 9.06. The Morgan fingerprint density at radius 2 is 1.87 bits per heavy atom. The van der Waals surface area contributed by atoms with Gasteiger partial charge in [-0.2, -0.15) is 13.2 Å². The van der Waals surface area contributed by atoms with Gasteiger partial charge in [0.15, 0.2) is 0 Å². The number of halogens is 3. The number of nitrogens with one attached hydrogen (secondary N) is 1. The number of rotatable bonds is 6. The molecule has 1 aliphatic rings. The van der Waals surface area contributed by atoms with Crippen molar-refractivity contribution >= 4 is 5.82 Å². The molecule has 0 saturated carbocycles. The van der Waals surface area contributed by atoms with Gasteiger partial charge in [-0.25, -0.2) is 4.98 Å². The Balaban J connectivity index is 1.49. The van der Waals surface area contributed by atoms with Gasteiger partial charge in [0, 0.05) is 37.5 Å². The molecule has 1 aliphatic heterocycles. The molecule has 31 heavy (non-hydrogen) atoms. The highest BCUT2D eigenvalue weighted by molar-refractivity contribution is 5.43. The van der Waals surface area contributed by atoms with Crippen molar-refractivity contribution in [2.75, 3.05) is 18.9 Å². The Morgan fingerprint density at radius 3 is 2.61 bits per heavy atom. The maximum Gasteiger partial charge on any atom is 0.416 e. The van der Waals surface area contributed by atoms with Gasteiger partial charge in [-0.1, -0.05) is 24.3 Å². The third-order valence-electron chi connectivity index (χ3n) is 5.70. The van der Waals surface area contributed by atoms with Crippen LogP contribution in [0.5, 0.6) is 0 Å². The Morgan fingerprint density at radius 1 is 1.06 bits per heavy atom. The number of pyridine rings is 2. The molecule has 1 fully saturated rings. The van der Waals surface area contributed by atoms with E-state index < -0.39 is 11.7 Å². The molecule has 1 N–H and O–H groups in total. The highest BCUT2D eigenvalue weighted by atomic mass is 19.4. The lowest BCUT2D eigenvalue weighted by Crippen LogP contribution is -2.24. The SMILES string of the molecule is CNc1ncccc1CN1CCC[C@@H]1c1cccc(Cc2ccc(C(F)(F)F)cc2)n1. The average molecular weight is 426 g/mol. The molecule has 4 nitrogen and oxygen atoms in total. The predicted molar refractivity (Wildman–Crippen MR) is 115 cm³/mol. The first-order chi connectivity index (χ1) is 14.9. The number of nitrogens with zero attached hydrogens (tertiary/aromatic N) is 3. The number of aromatic nitrogens is 2. The zero-order chi connectivity index (χ0) is 21.8. The van der Waals surface area contributed by atoms with E-state index in [1.807, 2.05) is 31.3 Å². The number of hydrogen-bond donors (Lipinski definition) is 1. The third-order valence-corrected chi connectivity index (χ3v) is 5.70. The second-order valence-corrected chi connectivity index (χ2v) is 7.81. The van der Waals surface area contributed by atoms with Gasteiger partial charge < -0.3 is 5.32 Å².